The van der Waals surface area contributed by atoms with Crippen molar-refractivity contribution >= 4 is 12.0 Å². The first-order chi connectivity index (χ1) is 11.7. The molecule has 0 atom stereocenters. The molecule has 0 bridgehead atoms. The van der Waals surface area contributed by atoms with Crippen molar-refractivity contribution in [1.29, 1.82) is 0 Å². The standard InChI is InChI=1S/C22H33NO/c1-19-13-15-20(16-14-19)17-18-22(24)23-21-11-9-7-5-3-2-4-6-8-10-12-21/h13-18,21H,2-12H2,1H3,(H,23,24)/b18-17+. The molecule has 1 aromatic carbocycles. The fraction of sp³-hybridized carbons (Fsp3) is 0.591. The molecule has 1 N–H and O–H groups in total. The van der Waals surface area contributed by atoms with Gasteiger partial charge in [-0.05, 0) is 31.4 Å². The Hall–Kier alpha value is -1.57. The van der Waals surface area contributed by atoms with Crippen molar-refractivity contribution in [1.82, 2.24) is 5.32 Å². The highest BCUT2D eigenvalue weighted by Gasteiger charge is 2.11. The van der Waals surface area contributed by atoms with Gasteiger partial charge in [0.1, 0.15) is 0 Å². The second kappa shape index (κ2) is 11.1. The van der Waals surface area contributed by atoms with Crippen LogP contribution >= 0.6 is 0 Å². The summed E-state index contributed by atoms with van der Waals surface area (Å²) in [6.07, 6.45) is 17.8. The number of nitrogens with one attached hydrogen (secondary N) is 1. The summed E-state index contributed by atoms with van der Waals surface area (Å²) in [7, 11) is 0. The molecule has 0 heterocycles. The molecule has 132 valence electrons. The second-order valence-corrected chi connectivity index (χ2v) is 7.21. The third-order valence-electron chi connectivity index (χ3n) is 4.96. The van der Waals surface area contributed by atoms with Crippen LogP contribution < -0.4 is 5.32 Å². The first-order valence-corrected chi connectivity index (χ1v) is 9.79. The molecular formula is C22H33NO. The zero-order valence-electron chi connectivity index (χ0n) is 15.2. The van der Waals surface area contributed by atoms with Gasteiger partial charge in [-0.1, -0.05) is 87.6 Å². The summed E-state index contributed by atoms with van der Waals surface area (Å²) in [5.41, 5.74) is 2.32. The van der Waals surface area contributed by atoms with Gasteiger partial charge >= 0.3 is 0 Å². The predicted molar refractivity (Wildman–Crippen MR) is 103 cm³/mol. The maximum atomic E-state index is 12.2. The number of hydrogen-bond acceptors (Lipinski definition) is 1. The van der Waals surface area contributed by atoms with E-state index in [1.807, 2.05) is 6.08 Å². The normalized spacial score (nSPS) is 18.7. The summed E-state index contributed by atoms with van der Waals surface area (Å²) < 4.78 is 0. The molecule has 1 fully saturated rings. The van der Waals surface area contributed by atoms with Crippen molar-refractivity contribution in [3.63, 3.8) is 0 Å². The molecule has 2 heteroatoms. The van der Waals surface area contributed by atoms with Crippen molar-refractivity contribution in [3.8, 4) is 0 Å². The van der Waals surface area contributed by atoms with Crippen LogP contribution in [-0.2, 0) is 4.79 Å². The van der Waals surface area contributed by atoms with Gasteiger partial charge < -0.3 is 5.32 Å². The van der Waals surface area contributed by atoms with E-state index in [2.05, 4.69) is 36.5 Å². The lowest BCUT2D eigenvalue weighted by molar-refractivity contribution is -0.117. The summed E-state index contributed by atoms with van der Waals surface area (Å²) in [5, 5.41) is 3.23. The largest absolute Gasteiger partial charge is 0.350 e. The number of amides is 1. The van der Waals surface area contributed by atoms with E-state index in [-0.39, 0.29) is 5.91 Å². The van der Waals surface area contributed by atoms with Crippen LogP contribution in [0.1, 0.15) is 81.8 Å². The highest BCUT2D eigenvalue weighted by molar-refractivity contribution is 5.91. The van der Waals surface area contributed by atoms with E-state index in [9.17, 15) is 4.79 Å². The Labute approximate surface area is 147 Å². The van der Waals surface area contributed by atoms with E-state index in [0.29, 0.717) is 6.04 Å². The Morgan fingerprint density at radius 2 is 1.38 bits per heavy atom. The third kappa shape index (κ3) is 7.81. The van der Waals surface area contributed by atoms with Gasteiger partial charge in [-0.2, -0.15) is 0 Å². The molecule has 2 nitrogen and oxygen atoms in total. The molecule has 0 aliphatic heterocycles. The van der Waals surface area contributed by atoms with E-state index in [4.69, 9.17) is 0 Å². The van der Waals surface area contributed by atoms with Crippen molar-refractivity contribution in [2.45, 2.75) is 83.6 Å². The molecule has 24 heavy (non-hydrogen) atoms. The number of rotatable bonds is 3. The van der Waals surface area contributed by atoms with Gasteiger partial charge in [-0.15, -0.1) is 0 Å². The minimum atomic E-state index is 0.0488. The molecule has 1 amide bonds. The molecule has 2 rings (SSSR count). The SMILES string of the molecule is Cc1ccc(/C=C/C(=O)NC2CCCCCCCCCCC2)cc1. The second-order valence-electron chi connectivity index (χ2n) is 7.21. The fourth-order valence-electron chi connectivity index (χ4n) is 3.41. The maximum absolute atomic E-state index is 12.2. The van der Waals surface area contributed by atoms with Crippen LogP contribution in [0.15, 0.2) is 30.3 Å². The molecular weight excluding hydrogens is 294 g/mol. The van der Waals surface area contributed by atoms with Crippen molar-refractivity contribution in [3.05, 3.63) is 41.5 Å². The van der Waals surface area contributed by atoms with Crippen LogP contribution in [0.5, 0.6) is 0 Å². The summed E-state index contributed by atoms with van der Waals surface area (Å²) in [6, 6.07) is 8.60. The van der Waals surface area contributed by atoms with E-state index in [1.54, 1.807) is 6.08 Å². The molecule has 1 aromatic rings. The minimum Gasteiger partial charge on any atom is -0.350 e. The summed E-state index contributed by atoms with van der Waals surface area (Å²) in [5.74, 6) is 0.0488. The highest BCUT2D eigenvalue weighted by Crippen LogP contribution is 2.17. The minimum absolute atomic E-state index is 0.0488. The van der Waals surface area contributed by atoms with E-state index < -0.39 is 0 Å². The number of carbonyl (C=O) groups excluding carboxylic acids is 1. The Kier molecular flexibility index (Phi) is 8.65. The van der Waals surface area contributed by atoms with E-state index in [0.717, 1.165) is 18.4 Å². The molecule has 0 aromatic heterocycles. The Balaban J connectivity index is 1.81. The zero-order valence-corrected chi connectivity index (χ0v) is 15.2. The monoisotopic (exact) mass is 327 g/mol. The number of benzene rings is 1. The zero-order chi connectivity index (χ0) is 17.0. The molecule has 1 aliphatic rings. The topological polar surface area (TPSA) is 29.1 Å². The molecule has 0 spiro atoms. The van der Waals surface area contributed by atoms with Crippen LogP contribution in [0.25, 0.3) is 6.08 Å². The van der Waals surface area contributed by atoms with Gasteiger partial charge in [0.05, 0.1) is 0 Å². The van der Waals surface area contributed by atoms with Crippen LogP contribution in [0.2, 0.25) is 0 Å². The lowest BCUT2D eigenvalue weighted by atomic mass is 9.98. The smallest absolute Gasteiger partial charge is 0.244 e. The molecule has 1 aliphatic carbocycles. The molecule has 0 saturated heterocycles. The molecule has 0 radical (unpaired) electrons. The van der Waals surface area contributed by atoms with Crippen LogP contribution in [-0.4, -0.2) is 11.9 Å². The van der Waals surface area contributed by atoms with Gasteiger partial charge in [0.15, 0.2) is 0 Å². The van der Waals surface area contributed by atoms with Crippen molar-refractivity contribution < 1.29 is 4.79 Å². The Morgan fingerprint density at radius 1 is 0.875 bits per heavy atom. The predicted octanol–water partition coefficient (Wildman–Crippen LogP) is 5.80. The van der Waals surface area contributed by atoms with Crippen molar-refractivity contribution in [2.75, 3.05) is 0 Å². The Morgan fingerprint density at radius 3 is 1.92 bits per heavy atom. The lowest BCUT2D eigenvalue weighted by Gasteiger charge is -2.18. The third-order valence-corrected chi connectivity index (χ3v) is 4.96. The number of hydrogen-bond donors (Lipinski definition) is 1. The van der Waals surface area contributed by atoms with Gasteiger partial charge in [0.2, 0.25) is 5.91 Å². The average Bonchev–Trinajstić information content (AvgIpc) is 2.57. The molecule has 1 saturated carbocycles. The molecule has 0 unspecified atom stereocenters. The Bertz CT molecular complexity index is 491. The van der Waals surface area contributed by atoms with Crippen LogP contribution in [0.4, 0.5) is 0 Å². The van der Waals surface area contributed by atoms with Crippen LogP contribution in [0, 0.1) is 6.92 Å². The maximum Gasteiger partial charge on any atom is 0.244 e. The van der Waals surface area contributed by atoms with E-state index in [1.165, 1.54) is 63.4 Å². The van der Waals surface area contributed by atoms with E-state index >= 15 is 0 Å². The van der Waals surface area contributed by atoms with Gasteiger partial charge in [-0.25, -0.2) is 0 Å². The van der Waals surface area contributed by atoms with Gasteiger partial charge in [-0.3, -0.25) is 4.79 Å². The van der Waals surface area contributed by atoms with Crippen molar-refractivity contribution in [2.24, 2.45) is 0 Å². The van der Waals surface area contributed by atoms with Gasteiger partial charge in [0, 0.05) is 12.1 Å². The quantitative estimate of drug-likeness (QED) is 0.699. The number of carbonyl (C=O) groups is 1. The summed E-state index contributed by atoms with van der Waals surface area (Å²) in [4.78, 5) is 12.2. The average molecular weight is 328 g/mol. The van der Waals surface area contributed by atoms with Crippen LogP contribution in [0.3, 0.4) is 0 Å². The number of aryl methyl sites for hydroxylation is 1. The first kappa shape index (κ1) is 18.8. The summed E-state index contributed by atoms with van der Waals surface area (Å²) >= 11 is 0. The highest BCUT2D eigenvalue weighted by atomic mass is 16.1. The fourth-order valence-corrected chi connectivity index (χ4v) is 3.41. The lowest BCUT2D eigenvalue weighted by Crippen LogP contribution is -2.33. The summed E-state index contributed by atoms with van der Waals surface area (Å²) in [6.45, 7) is 2.07. The van der Waals surface area contributed by atoms with Gasteiger partial charge in [0.25, 0.3) is 0 Å². The first-order valence-electron chi connectivity index (χ1n) is 9.79.